The second kappa shape index (κ2) is 9.09. The number of hydrogen-bond donors (Lipinski definition) is 0. The number of hydrogen-bond acceptors (Lipinski definition) is 5. The van der Waals surface area contributed by atoms with Crippen LogP contribution in [0.2, 0.25) is 0 Å². The molecule has 0 unspecified atom stereocenters. The van der Waals surface area contributed by atoms with Crippen LogP contribution in [-0.2, 0) is 17.9 Å². The van der Waals surface area contributed by atoms with Crippen LogP contribution < -0.4 is 9.47 Å². The average molecular weight is 383 g/mol. The van der Waals surface area contributed by atoms with Crippen LogP contribution in [0.5, 0.6) is 11.5 Å². The van der Waals surface area contributed by atoms with Crippen molar-refractivity contribution >= 4 is 23.3 Å². The van der Waals surface area contributed by atoms with Gasteiger partial charge in [-0.1, -0.05) is 6.07 Å². The predicted molar refractivity (Wildman–Crippen MR) is 106 cm³/mol. The molecule has 1 amide bonds. The Balaban J connectivity index is 1.75. The summed E-state index contributed by atoms with van der Waals surface area (Å²) in [5.74, 6) is 1.93. The fourth-order valence-electron chi connectivity index (χ4n) is 2.63. The van der Waals surface area contributed by atoms with E-state index in [-0.39, 0.29) is 5.91 Å². The summed E-state index contributed by atoms with van der Waals surface area (Å²) in [5, 5.41) is 4.05. The molecule has 0 saturated heterocycles. The molecule has 140 valence electrons. The van der Waals surface area contributed by atoms with Crippen LogP contribution in [0, 0.1) is 0 Å². The maximum absolute atomic E-state index is 12.8. The van der Waals surface area contributed by atoms with Crippen molar-refractivity contribution in [3.05, 3.63) is 76.4 Å². The number of nitrogens with zero attached hydrogens (tertiary/aromatic N) is 1. The molecule has 0 fully saturated rings. The zero-order valence-electron chi connectivity index (χ0n) is 15.3. The highest BCUT2D eigenvalue weighted by Crippen LogP contribution is 2.28. The van der Waals surface area contributed by atoms with E-state index >= 15 is 0 Å². The molecule has 2 aromatic heterocycles. The van der Waals surface area contributed by atoms with Gasteiger partial charge in [0.05, 0.1) is 27.0 Å². The number of furan rings is 1. The molecule has 0 atom stereocenters. The zero-order valence-corrected chi connectivity index (χ0v) is 16.1. The largest absolute Gasteiger partial charge is 0.493 e. The maximum atomic E-state index is 12.8. The van der Waals surface area contributed by atoms with Gasteiger partial charge in [0.1, 0.15) is 5.76 Å². The fourth-order valence-corrected chi connectivity index (χ4v) is 3.29. The summed E-state index contributed by atoms with van der Waals surface area (Å²) >= 11 is 1.61. The fraction of sp³-hybridized carbons (Fsp3) is 0.190. The summed E-state index contributed by atoms with van der Waals surface area (Å²) in [5.41, 5.74) is 1.95. The lowest BCUT2D eigenvalue weighted by atomic mass is 10.2. The maximum Gasteiger partial charge on any atom is 0.247 e. The van der Waals surface area contributed by atoms with Crippen molar-refractivity contribution in [1.29, 1.82) is 0 Å². The van der Waals surface area contributed by atoms with Crippen molar-refractivity contribution in [1.82, 2.24) is 4.90 Å². The highest BCUT2D eigenvalue weighted by molar-refractivity contribution is 7.07. The van der Waals surface area contributed by atoms with E-state index in [1.165, 1.54) is 0 Å². The molecule has 0 aliphatic heterocycles. The molecular weight excluding hydrogens is 362 g/mol. The molecule has 6 heteroatoms. The first-order valence-corrected chi connectivity index (χ1v) is 9.36. The number of ether oxygens (including phenoxy) is 2. The minimum Gasteiger partial charge on any atom is -0.493 e. The van der Waals surface area contributed by atoms with E-state index in [9.17, 15) is 4.79 Å². The SMILES string of the molecule is COc1ccc(/C=C/C(=O)N(Cc2ccsc2)Cc2ccco2)cc1OC. The Labute approximate surface area is 162 Å². The van der Waals surface area contributed by atoms with E-state index in [0.29, 0.717) is 24.6 Å². The van der Waals surface area contributed by atoms with Gasteiger partial charge in [-0.05, 0) is 58.3 Å². The van der Waals surface area contributed by atoms with Crippen molar-refractivity contribution in [2.45, 2.75) is 13.1 Å². The van der Waals surface area contributed by atoms with Crippen molar-refractivity contribution in [2.75, 3.05) is 14.2 Å². The number of benzene rings is 1. The number of amides is 1. The lowest BCUT2D eigenvalue weighted by molar-refractivity contribution is -0.127. The lowest BCUT2D eigenvalue weighted by Gasteiger charge is -2.19. The number of carbonyl (C=O) groups excluding carboxylic acids is 1. The third-order valence-electron chi connectivity index (χ3n) is 4.02. The molecule has 3 aromatic rings. The molecular formula is C21H21NO4S. The van der Waals surface area contributed by atoms with E-state index in [1.54, 1.807) is 48.9 Å². The average Bonchev–Trinajstić information content (AvgIpc) is 3.39. The molecule has 0 aliphatic rings. The van der Waals surface area contributed by atoms with Gasteiger partial charge in [-0.25, -0.2) is 0 Å². The highest BCUT2D eigenvalue weighted by atomic mass is 32.1. The van der Waals surface area contributed by atoms with Gasteiger partial charge >= 0.3 is 0 Å². The Kier molecular flexibility index (Phi) is 6.33. The smallest absolute Gasteiger partial charge is 0.247 e. The lowest BCUT2D eigenvalue weighted by Crippen LogP contribution is -2.28. The molecule has 0 spiro atoms. The summed E-state index contributed by atoms with van der Waals surface area (Å²) in [4.78, 5) is 14.5. The molecule has 2 heterocycles. The van der Waals surface area contributed by atoms with Crippen LogP contribution >= 0.6 is 11.3 Å². The van der Waals surface area contributed by atoms with Gasteiger partial charge in [0.25, 0.3) is 0 Å². The van der Waals surface area contributed by atoms with Gasteiger partial charge in [0.15, 0.2) is 11.5 Å². The van der Waals surface area contributed by atoms with Gasteiger partial charge in [0, 0.05) is 12.6 Å². The van der Waals surface area contributed by atoms with Gasteiger partial charge in [0.2, 0.25) is 5.91 Å². The highest BCUT2D eigenvalue weighted by Gasteiger charge is 2.14. The Morgan fingerprint density at radius 2 is 2.00 bits per heavy atom. The van der Waals surface area contributed by atoms with Gasteiger partial charge in [-0.3, -0.25) is 4.79 Å². The van der Waals surface area contributed by atoms with Crippen molar-refractivity contribution in [3.63, 3.8) is 0 Å². The molecule has 0 radical (unpaired) electrons. The second-order valence-electron chi connectivity index (χ2n) is 5.85. The van der Waals surface area contributed by atoms with E-state index in [0.717, 1.165) is 16.9 Å². The minimum atomic E-state index is -0.0904. The normalized spacial score (nSPS) is 10.9. The van der Waals surface area contributed by atoms with Crippen LogP contribution in [0.1, 0.15) is 16.9 Å². The minimum absolute atomic E-state index is 0.0904. The first-order valence-electron chi connectivity index (χ1n) is 8.42. The van der Waals surface area contributed by atoms with Crippen LogP contribution in [-0.4, -0.2) is 25.0 Å². The van der Waals surface area contributed by atoms with Crippen molar-refractivity contribution < 1.29 is 18.7 Å². The first kappa shape index (κ1) is 18.8. The molecule has 27 heavy (non-hydrogen) atoms. The third-order valence-corrected chi connectivity index (χ3v) is 4.75. The summed E-state index contributed by atoms with van der Waals surface area (Å²) in [6.07, 6.45) is 4.95. The van der Waals surface area contributed by atoms with Crippen LogP contribution in [0.15, 0.2) is 63.9 Å². The molecule has 3 rings (SSSR count). The van der Waals surface area contributed by atoms with E-state index < -0.39 is 0 Å². The van der Waals surface area contributed by atoms with Crippen LogP contribution in [0.3, 0.4) is 0 Å². The molecule has 5 nitrogen and oxygen atoms in total. The van der Waals surface area contributed by atoms with Crippen LogP contribution in [0.4, 0.5) is 0 Å². The zero-order chi connectivity index (χ0) is 19.1. The summed E-state index contributed by atoms with van der Waals surface area (Å²) in [7, 11) is 3.18. The molecule has 0 aliphatic carbocycles. The molecule has 0 bridgehead atoms. The second-order valence-corrected chi connectivity index (χ2v) is 6.63. The quantitative estimate of drug-likeness (QED) is 0.534. The third kappa shape index (κ3) is 5.01. The van der Waals surface area contributed by atoms with Crippen molar-refractivity contribution in [3.8, 4) is 11.5 Å². The summed E-state index contributed by atoms with van der Waals surface area (Å²) < 4.78 is 16.0. The van der Waals surface area contributed by atoms with Crippen molar-refractivity contribution in [2.24, 2.45) is 0 Å². The Bertz CT molecular complexity index is 849. The predicted octanol–water partition coefficient (Wildman–Crippen LogP) is 4.60. The number of methoxy groups -OCH3 is 2. The van der Waals surface area contributed by atoms with Gasteiger partial charge < -0.3 is 18.8 Å². The Morgan fingerprint density at radius 3 is 2.67 bits per heavy atom. The van der Waals surface area contributed by atoms with E-state index in [2.05, 4.69) is 0 Å². The van der Waals surface area contributed by atoms with E-state index in [4.69, 9.17) is 13.9 Å². The summed E-state index contributed by atoms with van der Waals surface area (Å²) in [6, 6.07) is 11.2. The molecule has 1 aromatic carbocycles. The van der Waals surface area contributed by atoms with Gasteiger partial charge in [-0.15, -0.1) is 0 Å². The van der Waals surface area contributed by atoms with Crippen LogP contribution in [0.25, 0.3) is 6.08 Å². The standard InChI is InChI=1S/C21H21NO4S/c1-24-19-7-5-16(12-20(19)25-2)6-8-21(23)22(13-17-9-11-27-15-17)14-18-4-3-10-26-18/h3-12,15H,13-14H2,1-2H3/b8-6+. The molecule has 0 N–H and O–H groups in total. The van der Waals surface area contributed by atoms with Gasteiger partial charge in [-0.2, -0.15) is 11.3 Å². The summed E-state index contributed by atoms with van der Waals surface area (Å²) in [6.45, 7) is 0.942. The molecule has 0 saturated carbocycles. The van der Waals surface area contributed by atoms with E-state index in [1.807, 2.05) is 47.2 Å². The number of thiophene rings is 1. The first-order chi connectivity index (χ1) is 13.2. The monoisotopic (exact) mass is 383 g/mol. The number of rotatable bonds is 8. The number of carbonyl (C=O) groups is 1. The topological polar surface area (TPSA) is 51.9 Å². The Morgan fingerprint density at radius 1 is 1.15 bits per heavy atom. The Hall–Kier alpha value is -2.99.